The number of benzene rings is 1. The lowest BCUT2D eigenvalue weighted by Gasteiger charge is -2.11. The number of amides is 1. The van der Waals surface area contributed by atoms with Crippen molar-refractivity contribution >= 4 is 27.6 Å². The molecule has 0 aliphatic carbocycles. The minimum Gasteiger partial charge on any atom is -0.480 e. The van der Waals surface area contributed by atoms with E-state index in [4.69, 9.17) is 5.11 Å². The van der Waals surface area contributed by atoms with Crippen molar-refractivity contribution in [3.8, 4) is 0 Å². The number of aryl methyl sites for hydroxylation is 1. The van der Waals surface area contributed by atoms with Gasteiger partial charge in [-0.15, -0.1) is 0 Å². The molecule has 8 heteroatoms. The summed E-state index contributed by atoms with van der Waals surface area (Å²) in [7, 11) is -3.99. The number of carbonyl (C=O) groups excluding carboxylic acids is 1. The minimum absolute atomic E-state index is 0.190. The predicted octanol–water partition coefficient (Wildman–Crippen LogP) is 0.571. The SMILES string of the molecule is CCNC(=O)c1ccc(C)c(NS(=O)(=O)CC(=O)O)c1. The van der Waals surface area contributed by atoms with Crippen LogP contribution in [0.25, 0.3) is 0 Å². The highest BCUT2D eigenvalue weighted by Gasteiger charge is 2.17. The van der Waals surface area contributed by atoms with Crippen LogP contribution in [-0.2, 0) is 14.8 Å². The van der Waals surface area contributed by atoms with E-state index in [9.17, 15) is 18.0 Å². The molecule has 0 saturated carbocycles. The van der Waals surface area contributed by atoms with E-state index in [1.54, 1.807) is 26.0 Å². The normalized spacial score (nSPS) is 10.9. The average Bonchev–Trinajstić information content (AvgIpc) is 2.30. The van der Waals surface area contributed by atoms with Gasteiger partial charge in [0, 0.05) is 12.1 Å². The number of sulfonamides is 1. The maximum absolute atomic E-state index is 11.7. The molecule has 0 fully saturated rings. The molecule has 0 radical (unpaired) electrons. The van der Waals surface area contributed by atoms with Crippen molar-refractivity contribution in [3.63, 3.8) is 0 Å². The molecule has 0 heterocycles. The van der Waals surface area contributed by atoms with Gasteiger partial charge in [-0.1, -0.05) is 6.07 Å². The Kier molecular flexibility index (Phi) is 5.09. The lowest BCUT2D eigenvalue weighted by Crippen LogP contribution is -2.24. The first-order chi connectivity index (χ1) is 9.25. The predicted molar refractivity (Wildman–Crippen MR) is 74.2 cm³/mol. The Morgan fingerprint density at radius 3 is 2.50 bits per heavy atom. The number of rotatable bonds is 6. The van der Waals surface area contributed by atoms with Crippen molar-refractivity contribution in [2.24, 2.45) is 0 Å². The molecular formula is C12H16N2O5S. The average molecular weight is 300 g/mol. The molecule has 0 bridgehead atoms. The first-order valence-corrected chi connectivity index (χ1v) is 7.51. The molecule has 1 rings (SSSR count). The molecule has 3 N–H and O–H groups in total. The van der Waals surface area contributed by atoms with Crippen LogP contribution in [0.3, 0.4) is 0 Å². The fourth-order valence-corrected chi connectivity index (χ4v) is 2.45. The number of aliphatic carboxylic acids is 1. The number of anilines is 1. The third-order valence-corrected chi connectivity index (χ3v) is 3.57. The summed E-state index contributed by atoms with van der Waals surface area (Å²) in [6.07, 6.45) is 0. The van der Waals surface area contributed by atoms with Crippen LogP contribution < -0.4 is 10.0 Å². The Labute approximate surface area is 117 Å². The highest BCUT2D eigenvalue weighted by Crippen LogP contribution is 2.18. The van der Waals surface area contributed by atoms with Gasteiger partial charge < -0.3 is 10.4 Å². The van der Waals surface area contributed by atoms with Gasteiger partial charge in [0.15, 0.2) is 5.75 Å². The third-order valence-electron chi connectivity index (χ3n) is 2.42. The molecule has 0 saturated heterocycles. The first kappa shape index (κ1) is 16.0. The Morgan fingerprint density at radius 1 is 1.30 bits per heavy atom. The van der Waals surface area contributed by atoms with Crippen molar-refractivity contribution < 1.29 is 23.1 Å². The summed E-state index contributed by atoms with van der Waals surface area (Å²) >= 11 is 0. The topological polar surface area (TPSA) is 113 Å². The van der Waals surface area contributed by atoms with E-state index >= 15 is 0 Å². The summed E-state index contributed by atoms with van der Waals surface area (Å²) < 4.78 is 25.3. The van der Waals surface area contributed by atoms with Crippen molar-refractivity contribution in [2.75, 3.05) is 17.0 Å². The van der Waals surface area contributed by atoms with Crippen molar-refractivity contribution in [1.82, 2.24) is 5.32 Å². The third kappa shape index (κ3) is 4.54. The number of hydrogen-bond donors (Lipinski definition) is 3. The van der Waals surface area contributed by atoms with Gasteiger partial charge in [0.1, 0.15) is 0 Å². The van der Waals surface area contributed by atoms with Crippen LogP contribution in [0.4, 0.5) is 5.69 Å². The zero-order valence-corrected chi connectivity index (χ0v) is 12.0. The maximum Gasteiger partial charge on any atom is 0.320 e. The van der Waals surface area contributed by atoms with E-state index in [0.717, 1.165) is 0 Å². The second-order valence-electron chi connectivity index (χ2n) is 4.14. The van der Waals surface area contributed by atoms with Gasteiger partial charge in [0.2, 0.25) is 10.0 Å². The van der Waals surface area contributed by atoms with Gasteiger partial charge in [0.05, 0.1) is 5.69 Å². The lowest BCUT2D eigenvalue weighted by molar-refractivity contribution is -0.134. The minimum atomic E-state index is -3.99. The van der Waals surface area contributed by atoms with Gasteiger partial charge in [-0.3, -0.25) is 14.3 Å². The standard InChI is InChI=1S/C12H16N2O5S/c1-3-13-12(17)9-5-4-8(2)10(6-9)14-20(18,19)7-11(15)16/h4-6,14H,3,7H2,1-2H3,(H,13,17)(H,15,16). The Morgan fingerprint density at radius 2 is 1.95 bits per heavy atom. The van der Waals surface area contributed by atoms with Crippen LogP contribution in [0.1, 0.15) is 22.8 Å². The van der Waals surface area contributed by atoms with Gasteiger partial charge >= 0.3 is 5.97 Å². The van der Waals surface area contributed by atoms with Crippen LogP contribution in [0, 0.1) is 6.92 Å². The quantitative estimate of drug-likeness (QED) is 0.711. The Balaban J connectivity index is 3.03. The van der Waals surface area contributed by atoms with Gasteiger partial charge in [-0.2, -0.15) is 0 Å². The summed E-state index contributed by atoms with van der Waals surface area (Å²) in [5.41, 5.74) is 1.08. The molecule has 0 aliphatic rings. The molecule has 1 aromatic rings. The molecule has 20 heavy (non-hydrogen) atoms. The molecular weight excluding hydrogens is 284 g/mol. The summed E-state index contributed by atoms with van der Waals surface area (Å²) in [5.74, 6) is -2.81. The highest BCUT2D eigenvalue weighted by molar-refractivity contribution is 7.93. The number of hydrogen-bond acceptors (Lipinski definition) is 4. The van der Waals surface area contributed by atoms with Crippen molar-refractivity contribution in [3.05, 3.63) is 29.3 Å². The van der Waals surface area contributed by atoms with Crippen LogP contribution in [0.5, 0.6) is 0 Å². The smallest absolute Gasteiger partial charge is 0.320 e. The largest absolute Gasteiger partial charge is 0.480 e. The zero-order valence-electron chi connectivity index (χ0n) is 11.1. The van der Waals surface area contributed by atoms with Crippen molar-refractivity contribution in [2.45, 2.75) is 13.8 Å². The molecule has 110 valence electrons. The van der Waals surface area contributed by atoms with Crippen molar-refractivity contribution in [1.29, 1.82) is 0 Å². The summed E-state index contributed by atoms with van der Waals surface area (Å²) in [6.45, 7) is 3.87. The van der Waals surface area contributed by atoms with E-state index in [0.29, 0.717) is 17.7 Å². The second kappa shape index (κ2) is 6.38. The van der Waals surface area contributed by atoms with Crippen LogP contribution in [-0.4, -0.2) is 37.7 Å². The summed E-state index contributed by atoms with van der Waals surface area (Å²) in [5, 5.41) is 11.1. The maximum atomic E-state index is 11.7. The zero-order chi connectivity index (χ0) is 15.3. The number of carbonyl (C=O) groups is 2. The van der Waals surface area contributed by atoms with E-state index in [1.165, 1.54) is 6.07 Å². The Bertz CT molecular complexity index is 625. The molecule has 0 aliphatic heterocycles. The van der Waals surface area contributed by atoms with Gasteiger partial charge in [-0.05, 0) is 31.5 Å². The molecule has 0 atom stereocenters. The number of nitrogens with one attached hydrogen (secondary N) is 2. The fraction of sp³-hybridized carbons (Fsp3) is 0.333. The highest BCUT2D eigenvalue weighted by atomic mass is 32.2. The summed E-state index contributed by atoms with van der Waals surface area (Å²) in [4.78, 5) is 22.1. The van der Waals surface area contributed by atoms with E-state index < -0.39 is 21.7 Å². The number of carboxylic acid groups (broad SMARTS) is 1. The molecule has 0 unspecified atom stereocenters. The monoisotopic (exact) mass is 300 g/mol. The lowest BCUT2D eigenvalue weighted by atomic mass is 10.1. The van der Waals surface area contributed by atoms with Gasteiger partial charge in [0.25, 0.3) is 5.91 Å². The molecule has 7 nitrogen and oxygen atoms in total. The van der Waals surface area contributed by atoms with E-state index in [1.807, 2.05) is 0 Å². The molecule has 1 amide bonds. The molecule has 1 aromatic carbocycles. The van der Waals surface area contributed by atoms with Gasteiger partial charge in [-0.25, -0.2) is 8.42 Å². The second-order valence-corrected chi connectivity index (χ2v) is 5.87. The first-order valence-electron chi connectivity index (χ1n) is 5.86. The Hall–Kier alpha value is -2.09. The number of carboxylic acids is 1. The van der Waals surface area contributed by atoms with Crippen LogP contribution >= 0.6 is 0 Å². The van der Waals surface area contributed by atoms with E-state index in [-0.39, 0.29) is 11.6 Å². The summed E-state index contributed by atoms with van der Waals surface area (Å²) in [6, 6.07) is 4.53. The molecule has 0 aromatic heterocycles. The molecule has 0 spiro atoms. The van der Waals surface area contributed by atoms with Crippen LogP contribution in [0.2, 0.25) is 0 Å². The fourth-order valence-electron chi connectivity index (χ4n) is 1.50. The van der Waals surface area contributed by atoms with E-state index in [2.05, 4.69) is 10.0 Å². The van der Waals surface area contributed by atoms with Crippen LogP contribution in [0.15, 0.2) is 18.2 Å².